The maximum Gasteiger partial charge on any atom is 0.330 e. The lowest BCUT2D eigenvalue weighted by Gasteiger charge is -2.17. The fraction of sp³-hybridized carbons (Fsp3) is 0.290. The van der Waals surface area contributed by atoms with Gasteiger partial charge < -0.3 is 23.7 Å². The average Bonchev–Trinajstić information content (AvgIpc) is 3.28. The van der Waals surface area contributed by atoms with Crippen LogP contribution in [0, 0.1) is 5.82 Å². The van der Waals surface area contributed by atoms with E-state index in [1.807, 2.05) is 42.5 Å². The Hall–Kier alpha value is -3.49. The van der Waals surface area contributed by atoms with Crippen molar-refractivity contribution in [2.45, 2.75) is 26.8 Å². The van der Waals surface area contributed by atoms with E-state index in [0.29, 0.717) is 44.1 Å². The topological polar surface area (TPSA) is 87.5 Å². The summed E-state index contributed by atoms with van der Waals surface area (Å²) in [5.41, 5.74) is 5.31. The van der Waals surface area contributed by atoms with Crippen molar-refractivity contribution in [2.75, 3.05) is 38.3 Å². The summed E-state index contributed by atoms with van der Waals surface area (Å²) in [7, 11) is -1.52. The number of halogens is 2. The van der Waals surface area contributed by atoms with Crippen molar-refractivity contribution in [3.05, 3.63) is 83.4 Å². The molecule has 5 rings (SSSR count). The average molecular weight is 611 g/mol. The molecule has 220 valence electrons. The molecule has 0 aliphatic carbocycles. The summed E-state index contributed by atoms with van der Waals surface area (Å²) in [4.78, 5) is 9.20. The van der Waals surface area contributed by atoms with E-state index in [0.717, 1.165) is 38.9 Å². The Bertz CT molecular complexity index is 1720. The summed E-state index contributed by atoms with van der Waals surface area (Å²) in [6, 6.07) is 20.4. The number of aromatic nitrogens is 3. The molecule has 0 aliphatic heterocycles. The quantitative estimate of drug-likeness (QED) is 0.0817. The van der Waals surface area contributed by atoms with Gasteiger partial charge in [0.25, 0.3) is 0 Å². The lowest BCUT2D eigenvalue weighted by atomic mass is 10.0. The van der Waals surface area contributed by atoms with Crippen molar-refractivity contribution in [1.29, 1.82) is 0 Å². The Balaban J connectivity index is 1.56. The van der Waals surface area contributed by atoms with Crippen LogP contribution >= 0.6 is 19.2 Å². The molecule has 1 N–H and O–H groups in total. The second kappa shape index (κ2) is 13.2. The molecule has 42 heavy (non-hydrogen) atoms. The number of ether oxygens (including phenoxy) is 1. The smallest absolute Gasteiger partial charge is 0.330 e. The molecule has 0 unspecified atom stereocenters. The molecule has 0 atom stereocenters. The van der Waals surface area contributed by atoms with Crippen molar-refractivity contribution in [1.82, 2.24) is 14.5 Å². The van der Waals surface area contributed by atoms with Crippen molar-refractivity contribution in [2.24, 2.45) is 0 Å². The summed E-state index contributed by atoms with van der Waals surface area (Å²) in [6.07, 6.45) is 0.813. The summed E-state index contributed by atoms with van der Waals surface area (Å²) in [5.74, 6) is 1.06. The van der Waals surface area contributed by atoms with E-state index in [9.17, 15) is 8.96 Å². The lowest BCUT2D eigenvalue weighted by molar-refractivity contribution is 0.220. The van der Waals surface area contributed by atoms with Crippen molar-refractivity contribution < 1.29 is 22.7 Å². The monoisotopic (exact) mass is 610 g/mol. The molecule has 0 aliphatic rings. The molecule has 0 saturated heterocycles. The highest BCUT2D eigenvalue weighted by Gasteiger charge is 2.23. The van der Waals surface area contributed by atoms with Crippen LogP contribution in [0.3, 0.4) is 0 Å². The molecule has 0 saturated carbocycles. The van der Waals surface area contributed by atoms with Crippen molar-refractivity contribution in [3.8, 4) is 16.9 Å². The van der Waals surface area contributed by atoms with Gasteiger partial charge in [-0.1, -0.05) is 30.3 Å². The molecule has 2 aromatic heterocycles. The number of methoxy groups -OCH3 is 1. The molecule has 0 spiro atoms. The fourth-order valence-electron chi connectivity index (χ4n) is 5.01. The minimum Gasteiger partial charge on any atom is -0.497 e. The zero-order chi connectivity index (χ0) is 29.7. The first-order valence-electron chi connectivity index (χ1n) is 13.8. The van der Waals surface area contributed by atoms with E-state index < -0.39 is 7.60 Å². The summed E-state index contributed by atoms with van der Waals surface area (Å²) in [5, 5.41) is 4.39. The van der Waals surface area contributed by atoms with Crippen LogP contribution in [0.5, 0.6) is 5.75 Å². The summed E-state index contributed by atoms with van der Waals surface area (Å²) < 4.78 is 44.9. The molecule has 3 aromatic carbocycles. The van der Waals surface area contributed by atoms with Gasteiger partial charge in [-0.05, 0) is 85.0 Å². The number of anilines is 1. The van der Waals surface area contributed by atoms with Crippen molar-refractivity contribution in [3.63, 3.8) is 0 Å². The Morgan fingerprint density at radius 2 is 1.64 bits per heavy atom. The van der Waals surface area contributed by atoms with E-state index in [2.05, 4.69) is 19.9 Å². The first-order chi connectivity index (χ1) is 20.3. The highest BCUT2D eigenvalue weighted by atomic mass is 35.5. The molecule has 0 fully saturated rings. The minimum atomic E-state index is -3.16. The van der Waals surface area contributed by atoms with E-state index in [1.54, 1.807) is 33.1 Å². The van der Waals surface area contributed by atoms with Gasteiger partial charge in [-0.3, -0.25) is 4.57 Å². The maximum atomic E-state index is 13.6. The lowest BCUT2D eigenvalue weighted by Crippen LogP contribution is -2.10. The number of benzene rings is 3. The van der Waals surface area contributed by atoms with E-state index >= 15 is 0 Å². The summed E-state index contributed by atoms with van der Waals surface area (Å²) in [6.45, 7) is 5.25. The molecule has 11 heteroatoms. The van der Waals surface area contributed by atoms with Gasteiger partial charge in [0.1, 0.15) is 22.6 Å². The van der Waals surface area contributed by atoms with Crippen LogP contribution in [0.2, 0.25) is 5.28 Å². The van der Waals surface area contributed by atoms with Gasteiger partial charge in [0, 0.05) is 18.5 Å². The maximum absolute atomic E-state index is 13.6. The minimum absolute atomic E-state index is 0.106. The standard InChI is InChI=1S/C31H33ClFN4O4P/c1-4-40-42(38,41-5-2)18-6-17-34-30-29-28(35-31(32)36-30)26-19-23(22-9-12-24(33)13-10-22)11-16-27(26)37(29)20-21-7-14-25(39-3)15-8-21/h7-16,19H,4-6,17-18,20H2,1-3H3,(H,34,35,36). The van der Waals surface area contributed by atoms with Crippen LogP contribution in [0.25, 0.3) is 33.1 Å². The molecule has 0 bridgehead atoms. The second-order valence-electron chi connectivity index (χ2n) is 9.66. The van der Waals surface area contributed by atoms with Crippen LogP contribution in [0.1, 0.15) is 25.8 Å². The SMILES string of the molecule is CCOP(=O)(CCCNc1nc(Cl)nc2c3cc(-c4ccc(F)cc4)ccc3n(Cc3ccc(OC)cc3)c12)OCC. The number of nitrogens with one attached hydrogen (secondary N) is 1. The molecular weight excluding hydrogens is 578 g/mol. The van der Waals surface area contributed by atoms with E-state index in [1.165, 1.54) is 12.1 Å². The van der Waals surface area contributed by atoms with Crippen LogP contribution in [-0.2, 0) is 20.2 Å². The molecule has 5 aromatic rings. The van der Waals surface area contributed by atoms with Crippen LogP contribution in [-0.4, -0.2) is 47.6 Å². The second-order valence-corrected chi connectivity index (χ2v) is 12.2. The number of hydrogen-bond donors (Lipinski definition) is 1. The van der Waals surface area contributed by atoms with Gasteiger partial charge >= 0.3 is 7.60 Å². The molecular formula is C31H33ClFN4O4P. The zero-order valence-electron chi connectivity index (χ0n) is 23.8. The van der Waals surface area contributed by atoms with Gasteiger partial charge in [0.05, 0.1) is 32.0 Å². The number of rotatable bonds is 13. The van der Waals surface area contributed by atoms with Crippen LogP contribution in [0.4, 0.5) is 10.2 Å². The van der Waals surface area contributed by atoms with Crippen molar-refractivity contribution >= 4 is 47.0 Å². The van der Waals surface area contributed by atoms with Gasteiger partial charge in [0.15, 0.2) is 5.82 Å². The van der Waals surface area contributed by atoms with Gasteiger partial charge in [0.2, 0.25) is 5.28 Å². The van der Waals surface area contributed by atoms with E-state index in [4.69, 9.17) is 25.4 Å². The third kappa shape index (κ3) is 6.60. The number of fused-ring (bicyclic) bond motifs is 3. The third-order valence-corrected chi connectivity index (χ3v) is 9.24. The molecule has 0 radical (unpaired) electrons. The first kappa shape index (κ1) is 30.0. The highest BCUT2D eigenvalue weighted by Crippen LogP contribution is 2.48. The van der Waals surface area contributed by atoms with Crippen LogP contribution in [0.15, 0.2) is 66.7 Å². The Kier molecular flexibility index (Phi) is 9.43. The molecule has 2 heterocycles. The van der Waals surface area contributed by atoms with Gasteiger partial charge in [-0.2, -0.15) is 4.98 Å². The zero-order valence-corrected chi connectivity index (χ0v) is 25.4. The normalized spacial score (nSPS) is 11.8. The van der Waals surface area contributed by atoms with E-state index in [-0.39, 0.29) is 17.3 Å². The third-order valence-electron chi connectivity index (χ3n) is 6.90. The van der Waals surface area contributed by atoms with Crippen LogP contribution < -0.4 is 10.1 Å². The predicted molar refractivity (Wildman–Crippen MR) is 166 cm³/mol. The summed E-state index contributed by atoms with van der Waals surface area (Å²) >= 11 is 6.46. The number of hydrogen-bond acceptors (Lipinski definition) is 7. The Labute approximate surface area is 249 Å². The number of nitrogens with zero attached hydrogens (tertiary/aromatic N) is 3. The molecule has 0 amide bonds. The fourth-order valence-corrected chi connectivity index (χ4v) is 6.85. The first-order valence-corrected chi connectivity index (χ1v) is 15.9. The largest absolute Gasteiger partial charge is 0.497 e. The highest BCUT2D eigenvalue weighted by molar-refractivity contribution is 7.53. The van der Waals surface area contributed by atoms with Gasteiger partial charge in [-0.15, -0.1) is 0 Å². The Morgan fingerprint density at radius 3 is 2.31 bits per heavy atom. The molecule has 8 nitrogen and oxygen atoms in total. The Morgan fingerprint density at radius 1 is 0.952 bits per heavy atom. The predicted octanol–water partition coefficient (Wildman–Crippen LogP) is 8.17. The van der Waals surface area contributed by atoms with Gasteiger partial charge in [-0.25, -0.2) is 9.37 Å².